The molecular formula is C27H21ClN4O2S. The summed E-state index contributed by atoms with van der Waals surface area (Å²) in [5.74, 6) is 0.605. The lowest BCUT2D eigenvalue weighted by molar-refractivity contribution is -0.0436. The zero-order valence-electron chi connectivity index (χ0n) is 18.6. The van der Waals surface area contributed by atoms with Crippen LogP contribution in [0.3, 0.4) is 0 Å². The lowest BCUT2D eigenvalue weighted by Gasteiger charge is -2.15. The van der Waals surface area contributed by atoms with Crippen LogP contribution >= 0.6 is 22.9 Å². The zero-order chi connectivity index (χ0) is 23.6. The number of nitrogens with one attached hydrogen (secondary N) is 1. The maximum Gasteiger partial charge on any atom is 0.213 e. The molecule has 0 aliphatic carbocycles. The fourth-order valence-electron chi connectivity index (χ4n) is 4.08. The number of fused-ring (bicyclic) bond motifs is 1. The molecule has 0 saturated carbocycles. The number of benzene rings is 3. The Morgan fingerprint density at radius 3 is 2.49 bits per heavy atom. The first kappa shape index (κ1) is 22.0. The van der Waals surface area contributed by atoms with Gasteiger partial charge < -0.3 is 9.47 Å². The molecule has 35 heavy (non-hydrogen) atoms. The van der Waals surface area contributed by atoms with E-state index in [0.29, 0.717) is 24.1 Å². The van der Waals surface area contributed by atoms with Gasteiger partial charge in [-0.2, -0.15) is 0 Å². The van der Waals surface area contributed by atoms with Crippen molar-refractivity contribution in [1.29, 1.82) is 0 Å². The summed E-state index contributed by atoms with van der Waals surface area (Å²) in [6, 6.07) is 28.0. The second kappa shape index (κ2) is 9.64. The van der Waals surface area contributed by atoms with Gasteiger partial charge in [0.25, 0.3) is 0 Å². The topological polar surface area (TPSA) is 60.7 Å². The molecule has 0 unspecified atom stereocenters. The van der Waals surface area contributed by atoms with Crippen LogP contribution in [0.25, 0.3) is 27.8 Å². The van der Waals surface area contributed by atoms with E-state index in [0.717, 1.165) is 38.2 Å². The molecule has 0 spiro atoms. The SMILES string of the molecule is Clc1ccc(-n2c(-c3ccccc3)cs/c2=N\Nc2nc3ccccc3cc2C2OCCO2)cc1. The average molecular weight is 501 g/mol. The Hall–Kier alpha value is -3.49. The Balaban J connectivity index is 1.47. The Bertz CT molecular complexity index is 1540. The van der Waals surface area contributed by atoms with Crippen LogP contribution in [0.15, 0.2) is 95.4 Å². The van der Waals surface area contributed by atoms with Gasteiger partial charge in [0.15, 0.2) is 12.1 Å². The van der Waals surface area contributed by atoms with Gasteiger partial charge >= 0.3 is 0 Å². The number of rotatable bonds is 5. The number of para-hydroxylation sites is 1. The van der Waals surface area contributed by atoms with Crippen LogP contribution in [0, 0.1) is 0 Å². The van der Waals surface area contributed by atoms with Gasteiger partial charge in [-0.1, -0.05) is 60.1 Å². The Kier molecular flexibility index (Phi) is 6.06. The van der Waals surface area contributed by atoms with E-state index in [1.165, 1.54) is 0 Å². The molecule has 1 saturated heterocycles. The lowest BCUT2D eigenvalue weighted by atomic mass is 10.1. The van der Waals surface area contributed by atoms with Crippen LogP contribution in [-0.2, 0) is 9.47 Å². The minimum absolute atomic E-state index is 0.476. The maximum absolute atomic E-state index is 6.16. The van der Waals surface area contributed by atoms with Gasteiger partial charge in [0, 0.05) is 21.5 Å². The standard InChI is InChI=1S/C27H21ClN4O2S/c28-20-10-12-21(13-11-20)32-24(18-6-2-1-3-7-18)17-35-27(32)31-30-25-22(26-33-14-15-34-26)16-19-8-4-5-9-23(19)29-25/h1-13,16-17,26H,14-15H2,(H,29,30)/b31-27-. The molecule has 1 N–H and O–H groups in total. The normalized spacial score (nSPS) is 14.6. The quantitative estimate of drug-likeness (QED) is 0.284. The fraction of sp³-hybridized carbons (Fsp3) is 0.111. The highest BCUT2D eigenvalue weighted by molar-refractivity contribution is 7.07. The summed E-state index contributed by atoms with van der Waals surface area (Å²) < 4.78 is 13.7. The highest BCUT2D eigenvalue weighted by Gasteiger charge is 2.23. The van der Waals surface area contributed by atoms with Gasteiger partial charge in [-0.05, 0) is 42.0 Å². The summed E-state index contributed by atoms with van der Waals surface area (Å²) in [6.45, 7) is 1.10. The number of anilines is 1. The smallest absolute Gasteiger partial charge is 0.213 e. The second-order valence-electron chi connectivity index (χ2n) is 8.00. The van der Waals surface area contributed by atoms with E-state index in [2.05, 4.69) is 27.5 Å². The fourth-order valence-corrected chi connectivity index (χ4v) is 5.07. The summed E-state index contributed by atoms with van der Waals surface area (Å²) >= 11 is 7.71. The molecule has 1 aliphatic heterocycles. The summed E-state index contributed by atoms with van der Waals surface area (Å²) in [7, 11) is 0. The Labute approximate surface area is 211 Å². The van der Waals surface area contributed by atoms with Crippen molar-refractivity contribution in [3.8, 4) is 16.9 Å². The Morgan fingerprint density at radius 1 is 0.943 bits per heavy atom. The molecule has 0 atom stereocenters. The first-order chi connectivity index (χ1) is 17.3. The molecule has 1 aliphatic rings. The molecular weight excluding hydrogens is 480 g/mol. The van der Waals surface area contributed by atoms with E-state index in [1.54, 1.807) is 11.3 Å². The third kappa shape index (κ3) is 4.47. The van der Waals surface area contributed by atoms with Crippen LogP contribution in [0.2, 0.25) is 5.02 Å². The highest BCUT2D eigenvalue weighted by Crippen LogP contribution is 2.31. The van der Waals surface area contributed by atoms with E-state index in [4.69, 9.17) is 31.2 Å². The molecule has 2 aromatic heterocycles. The lowest BCUT2D eigenvalue weighted by Crippen LogP contribution is -2.17. The first-order valence-electron chi connectivity index (χ1n) is 11.2. The van der Waals surface area contributed by atoms with Crippen molar-refractivity contribution in [2.45, 2.75) is 6.29 Å². The molecule has 0 radical (unpaired) electrons. The summed E-state index contributed by atoms with van der Waals surface area (Å²) in [5.41, 5.74) is 7.99. The van der Waals surface area contributed by atoms with Gasteiger partial charge in [0.2, 0.25) is 4.80 Å². The van der Waals surface area contributed by atoms with Crippen molar-refractivity contribution in [1.82, 2.24) is 9.55 Å². The third-order valence-corrected chi connectivity index (χ3v) is 6.83. The largest absolute Gasteiger partial charge is 0.346 e. The number of halogens is 1. The second-order valence-corrected chi connectivity index (χ2v) is 9.27. The number of aromatic nitrogens is 2. The number of nitrogens with zero attached hydrogens (tertiary/aromatic N) is 3. The van der Waals surface area contributed by atoms with Crippen LogP contribution in [0.5, 0.6) is 0 Å². The average Bonchev–Trinajstić information content (AvgIpc) is 3.59. The van der Waals surface area contributed by atoms with Crippen molar-refractivity contribution >= 4 is 39.7 Å². The third-order valence-electron chi connectivity index (χ3n) is 5.75. The van der Waals surface area contributed by atoms with E-state index in [1.807, 2.05) is 72.8 Å². The van der Waals surface area contributed by atoms with Gasteiger partial charge in [-0.25, -0.2) is 4.98 Å². The zero-order valence-corrected chi connectivity index (χ0v) is 20.2. The monoisotopic (exact) mass is 500 g/mol. The highest BCUT2D eigenvalue weighted by atomic mass is 35.5. The van der Waals surface area contributed by atoms with Crippen LogP contribution in [0.1, 0.15) is 11.9 Å². The van der Waals surface area contributed by atoms with E-state index < -0.39 is 6.29 Å². The van der Waals surface area contributed by atoms with Crippen molar-refractivity contribution in [2.75, 3.05) is 18.6 Å². The molecule has 5 aromatic rings. The van der Waals surface area contributed by atoms with Crippen molar-refractivity contribution in [3.63, 3.8) is 0 Å². The van der Waals surface area contributed by atoms with Gasteiger partial charge in [-0.15, -0.1) is 16.4 Å². The predicted molar refractivity (Wildman–Crippen MR) is 140 cm³/mol. The molecule has 6 rings (SSSR count). The molecule has 6 nitrogen and oxygen atoms in total. The number of hydrogen-bond donors (Lipinski definition) is 1. The number of ether oxygens (including phenoxy) is 2. The minimum atomic E-state index is -0.476. The van der Waals surface area contributed by atoms with Crippen molar-refractivity contribution in [3.05, 3.63) is 106 Å². The summed E-state index contributed by atoms with van der Waals surface area (Å²) in [5, 5.41) is 8.59. The molecule has 174 valence electrons. The number of hydrogen-bond acceptors (Lipinski definition) is 6. The summed E-state index contributed by atoms with van der Waals surface area (Å²) in [4.78, 5) is 5.59. The van der Waals surface area contributed by atoms with Crippen molar-refractivity contribution in [2.24, 2.45) is 5.10 Å². The molecule has 0 bridgehead atoms. The van der Waals surface area contributed by atoms with Crippen LogP contribution in [-0.4, -0.2) is 22.8 Å². The van der Waals surface area contributed by atoms with Gasteiger partial charge in [-0.3, -0.25) is 9.99 Å². The maximum atomic E-state index is 6.16. The van der Waals surface area contributed by atoms with Crippen LogP contribution < -0.4 is 10.2 Å². The summed E-state index contributed by atoms with van der Waals surface area (Å²) in [6.07, 6.45) is -0.476. The van der Waals surface area contributed by atoms with E-state index >= 15 is 0 Å². The number of thiazole rings is 1. The van der Waals surface area contributed by atoms with Crippen molar-refractivity contribution < 1.29 is 9.47 Å². The Morgan fingerprint density at radius 2 is 1.69 bits per heavy atom. The van der Waals surface area contributed by atoms with E-state index in [9.17, 15) is 0 Å². The molecule has 8 heteroatoms. The van der Waals surface area contributed by atoms with Gasteiger partial charge in [0.1, 0.15) is 0 Å². The number of pyridine rings is 1. The molecule has 3 heterocycles. The molecule has 0 amide bonds. The predicted octanol–water partition coefficient (Wildman–Crippen LogP) is 6.38. The first-order valence-corrected chi connectivity index (χ1v) is 12.5. The van der Waals surface area contributed by atoms with Gasteiger partial charge in [0.05, 0.1) is 30.0 Å². The molecule has 1 fully saturated rings. The molecule has 3 aromatic carbocycles. The van der Waals surface area contributed by atoms with Crippen LogP contribution in [0.4, 0.5) is 5.82 Å². The minimum Gasteiger partial charge on any atom is -0.346 e. The van der Waals surface area contributed by atoms with E-state index in [-0.39, 0.29) is 0 Å².